The van der Waals surface area contributed by atoms with Gasteiger partial charge in [0.15, 0.2) is 0 Å². The summed E-state index contributed by atoms with van der Waals surface area (Å²) in [6.07, 6.45) is 4.87. The number of allylic oxidation sites excluding steroid dienone is 2. The molecule has 0 radical (unpaired) electrons. The van der Waals surface area contributed by atoms with Crippen LogP contribution in [0.4, 0.5) is 28.4 Å². The zero-order chi connectivity index (χ0) is 34.4. The molecule has 3 heterocycles. The number of benzene rings is 6. The van der Waals surface area contributed by atoms with E-state index in [1.165, 1.54) is 89.7 Å². The fourth-order valence-electron chi connectivity index (χ4n) is 9.32. The molecule has 6 aromatic rings. The van der Waals surface area contributed by atoms with Crippen LogP contribution in [0.1, 0.15) is 31.2 Å². The zero-order valence-electron chi connectivity index (χ0n) is 29.3. The third-order valence-electron chi connectivity index (χ3n) is 11.7. The van der Waals surface area contributed by atoms with E-state index in [9.17, 15) is 5.11 Å². The predicted molar refractivity (Wildman–Crippen MR) is 220 cm³/mol. The SMILES string of the molecule is Cc1cc2c3c(c1)N(c1ccc(-c4ccccc4)cc1)c1cc(N4C5=C(CCCC5)[Si](C)(C)c5ccccc54)ccc1B3c1cc(O)ccc1[Se]2. The molecule has 1 N–H and O–H groups in total. The van der Waals surface area contributed by atoms with Crippen molar-refractivity contribution in [3.8, 4) is 16.9 Å². The molecule has 6 aromatic carbocycles. The number of anilines is 5. The van der Waals surface area contributed by atoms with Crippen molar-refractivity contribution in [3.63, 3.8) is 0 Å². The third kappa shape index (κ3) is 4.77. The number of phenols is 1. The van der Waals surface area contributed by atoms with Crippen molar-refractivity contribution in [2.45, 2.75) is 45.7 Å². The Hall–Kier alpha value is -4.74. The van der Waals surface area contributed by atoms with E-state index in [-0.39, 0.29) is 21.7 Å². The Morgan fingerprint density at radius 1 is 0.627 bits per heavy atom. The summed E-state index contributed by atoms with van der Waals surface area (Å²) in [5, 5.41) is 14.1. The van der Waals surface area contributed by atoms with E-state index >= 15 is 0 Å². The van der Waals surface area contributed by atoms with Crippen molar-refractivity contribution in [1.29, 1.82) is 0 Å². The van der Waals surface area contributed by atoms with Crippen molar-refractivity contribution in [3.05, 3.63) is 144 Å². The van der Waals surface area contributed by atoms with E-state index < -0.39 is 8.07 Å². The molecule has 4 aliphatic rings. The first kappa shape index (κ1) is 31.0. The average molecular weight is 742 g/mol. The summed E-state index contributed by atoms with van der Waals surface area (Å²) in [6.45, 7) is 7.42. The Labute approximate surface area is 308 Å². The Morgan fingerprint density at radius 2 is 1.37 bits per heavy atom. The summed E-state index contributed by atoms with van der Waals surface area (Å²) in [7, 11) is -1.78. The minimum absolute atomic E-state index is 0.0571. The van der Waals surface area contributed by atoms with Crippen molar-refractivity contribution < 1.29 is 5.11 Å². The van der Waals surface area contributed by atoms with E-state index in [1.54, 1.807) is 16.1 Å². The first-order valence-corrected chi connectivity index (χ1v) is 22.9. The molecule has 10 rings (SSSR count). The maximum absolute atomic E-state index is 10.8. The van der Waals surface area contributed by atoms with Crippen molar-refractivity contribution in [2.24, 2.45) is 0 Å². The minimum atomic E-state index is -1.78. The van der Waals surface area contributed by atoms with Gasteiger partial charge in [-0.2, -0.15) is 0 Å². The Kier molecular flexibility index (Phi) is 7.09. The normalized spacial score (nSPS) is 16.6. The summed E-state index contributed by atoms with van der Waals surface area (Å²) in [5.74, 6) is 0.340. The zero-order valence-corrected chi connectivity index (χ0v) is 32.0. The van der Waals surface area contributed by atoms with Gasteiger partial charge in [-0.15, -0.1) is 0 Å². The quantitative estimate of drug-likeness (QED) is 0.197. The van der Waals surface area contributed by atoms with Crippen molar-refractivity contribution in [1.82, 2.24) is 0 Å². The number of hydrogen-bond acceptors (Lipinski definition) is 3. The molecule has 0 amide bonds. The maximum atomic E-state index is 10.8. The summed E-state index contributed by atoms with van der Waals surface area (Å²) < 4.78 is 2.80. The summed E-state index contributed by atoms with van der Waals surface area (Å²) in [6, 6.07) is 47.1. The number of phenolic OH excluding ortho intramolecular Hbond substituents is 1. The standard InChI is InChI=1S/C45H39BN2OSeSi/c1-29-25-40-45-42(26-29)50-41-24-22-34(49)28-36(41)46(45)35-23-21-33(27-39(35)47(40)32-19-17-31(18-20-32)30-11-5-4-6-12-30)48-37-13-7-9-15-43(37)51(2,3)44-16-10-8-14-38(44)48/h4-7,9,11-13,15,17-28,49H,8,10,14,16H2,1-3H3. The van der Waals surface area contributed by atoms with Gasteiger partial charge in [-0.3, -0.25) is 0 Å². The van der Waals surface area contributed by atoms with Crippen LogP contribution in [0.25, 0.3) is 11.1 Å². The van der Waals surface area contributed by atoms with Crippen LogP contribution in [0.15, 0.2) is 138 Å². The molecule has 0 aromatic heterocycles. The molecule has 6 heteroatoms. The van der Waals surface area contributed by atoms with Gasteiger partial charge in [0, 0.05) is 0 Å². The van der Waals surface area contributed by atoms with Crippen molar-refractivity contribution in [2.75, 3.05) is 9.80 Å². The topological polar surface area (TPSA) is 26.7 Å². The van der Waals surface area contributed by atoms with Gasteiger partial charge >= 0.3 is 310 Å². The molecule has 0 atom stereocenters. The van der Waals surface area contributed by atoms with Gasteiger partial charge in [-0.05, 0) is 0 Å². The second kappa shape index (κ2) is 11.6. The third-order valence-corrected chi connectivity index (χ3v) is 17.9. The molecule has 3 aliphatic heterocycles. The number of rotatable bonds is 3. The Balaban J connectivity index is 1.22. The number of nitrogens with zero attached hydrogens (tertiary/aromatic N) is 2. The fourth-order valence-corrected chi connectivity index (χ4v) is 15.4. The van der Waals surface area contributed by atoms with Crippen LogP contribution in [-0.2, 0) is 0 Å². The van der Waals surface area contributed by atoms with Crippen LogP contribution >= 0.6 is 0 Å². The molecular weight excluding hydrogens is 702 g/mol. The van der Waals surface area contributed by atoms with Crippen molar-refractivity contribution >= 4 is 88.7 Å². The number of aryl methyl sites for hydroxylation is 1. The monoisotopic (exact) mass is 742 g/mol. The van der Waals surface area contributed by atoms with Gasteiger partial charge < -0.3 is 0 Å². The van der Waals surface area contributed by atoms with E-state index in [2.05, 4.69) is 145 Å². The van der Waals surface area contributed by atoms with E-state index in [0.29, 0.717) is 5.75 Å². The van der Waals surface area contributed by atoms with Crippen LogP contribution in [0.2, 0.25) is 13.1 Å². The molecule has 3 nitrogen and oxygen atoms in total. The molecule has 0 bridgehead atoms. The van der Waals surface area contributed by atoms with Crippen LogP contribution in [0.5, 0.6) is 5.75 Å². The van der Waals surface area contributed by atoms with Crippen LogP contribution in [0.3, 0.4) is 0 Å². The van der Waals surface area contributed by atoms with E-state index in [1.807, 2.05) is 12.1 Å². The van der Waals surface area contributed by atoms with Gasteiger partial charge in [0.25, 0.3) is 0 Å². The molecule has 51 heavy (non-hydrogen) atoms. The van der Waals surface area contributed by atoms with Crippen LogP contribution < -0.4 is 40.3 Å². The number of fused-ring (bicyclic) bond motifs is 5. The van der Waals surface area contributed by atoms with Crippen LogP contribution in [0, 0.1) is 6.92 Å². The Morgan fingerprint density at radius 3 is 2.22 bits per heavy atom. The molecule has 0 saturated heterocycles. The average Bonchev–Trinajstić information content (AvgIpc) is 3.15. The molecular formula is C45H39BN2OSeSi. The van der Waals surface area contributed by atoms with Gasteiger partial charge in [-0.1, -0.05) is 0 Å². The Bertz CT molecular complexity index is 2420. The summed E-state index contributed by atoms with van der Waals surface area (Å²) in [5.41, 5.74) is 15.4. The van der Waals surface area contributed by atoms with Crippen LogP contribution in [-0.4, -0.2) is 34.8 Å². The number of hydrogen-bond donors (Lipinski definition) is 1. The molecule has 0 unspecified atom stereocenters. The predicted octanol–water partition coefficient (Wildman–Crippen LogP) is 7.07. The second-order valence-electron chi connectivity index (χ2n) is 15.1. The first-order valence-electron chi connectivity index (χ1n) is 18.2. The molecule has 248 valence electrons. The van der Waals surface area contributed by atoms with Gasteiger partial charge in [0.05, 0.1) is 0 Å². The molecule has 0 fully saturated rings. The van der Waals surface area contributed by atoms with E-state index in [0.717, 1.165) is 6.42 Å². The molecule has 0 saturated carbocycles. The van der Waals surface area contributed by atoms with E-state index in [4.69, 9.17) is 0 Å². The number of aromatic hydroxyl groups is 1. The number of para-hydroxylation sites is 1. The van der Waals surface area contributed by atoms with Gasteiger partial charge in [0.2, 0.25) is 0 Å². The summed E-state index contributed by atoms with van der Waals surface area (Å²) in [4.78, 5) is 5.16. The fraction of sp³-hybridized carbons (Fsp3) is 0.156. The molecule has 0 spiro atoms. The van der Waals surface area contributed by atoms with Gasteiger partial charge in [0.1, 0.15) is 0 Å². The first-order chi connectivity index (χ1) is 24.9. The summed E-state index contributed by atoms with van der Waals surface area (Å²) >= 11 is 0.147. The van der Waals surface area contributed by atoms with Gasteiger partial charge in [-0.25, -0.2) is 0 Å². The second-order valence-corrected chi connectivity index (χ2v) is 21.7. The molecule has 1 aliphatic carbocycles.